The van der Waals surface area contributed by atoms with E-state index in [2.05, 4.69) is 0 Å². The molecule has 0 saturated carbocycles. The fraction of sp³-hybridized carbons (Fsp3) is 0.533. The lowest BCUT2D eigenvalue weighted by Crippen LogP contribution is -2.50. The van der Waals surface area contributed by atoms with E-state index >= 15 is 0 Å². The minimum atomic E-state index is -3.91. The third-order valence-corrected chi connectivity index (χ3v) is 8.29. The number of benzene rings is 2. The molecule has 2 saturated heterocycles. The number of aliphatic hydroxyl groups excluding tert-OH is 1. The fourth-order valence-corrected chi connectivity index (χ4v) is 5.73. The lowest BCUT2D eigenvalue weighted by Gasteiger charge is -2.38. The Labute approximate surface area is 252 Å². The summed E-state index contributed by atoms with van der Waals surface area (Å²) in [6.07, 6.45) is -0.389. The molecule has 13 heteroatoms. The summed E-state index contributed by atoms with van der Waals surface area (Å²) in [5.41, 5.74) is -0.359. The molecule has 236 valence electrons. The number of rotatable bonds is 9. The van der Waals surface area contributed by atoms with Crippen molar-refractivity contribution in [1.29, 1.82) is 0 Å². The van der Waals surface area contributed by atoms with Crippen molar-refractivity contribution in [2.24, 2.45) is 5.14 Å². The van der Waals surface area contributed by atoms with Gasteiger partial charge in [-0.1, -0.05) is 36.4 Å². The highest BCUT2D eigenvalue weighted by Crippen LogP contribution is 2.38. The SMILES string of the molecule is CC(C)(C)OC(=O)N(C[C@H](O)COc1cccc(S(N)(=O)=O)c1)[C@H]1COC2(CCN(C(=O)OCc3ccccc3)CC2)C1. The molecule has 2 amide bonds. The molecule has 2 atom stereocenters. The maximum absolute atomic E-state index is 13.3. The van der Waals surface area contributed by atoms with Crippen LogP contribution in [0.5, 0.6) is 5.75 Å². The second-order valence-corrected chi connectivity index (χ2v) is 13.6. The van der Waals surface area contributed by atoms with Crippen molar-refractivity contribution in [3.8, 4) is 5.75 Å². The first kappa shape index (κ1) is 32.5. The van der Waals surface area contributed by atoms with E-state index in [1.807, 2.05) is 30.3 Å². The van der Waals surface area contributed by atoms with Crippen molar-refractivity contribution in [3.63, 3.8) is 0 Å². The quantitative estimate of drug-likeness (QED) is 0.430. The number of amides is 2. The number of hydrogen-bond donors (Lipinski definition) is 2. The van der Waals surface area contributed by atoms with Crippen molar-refractivity contribution in [1.82, 2.24) is 9.80 Å². The number of carbonyl (C=O) groups excluding carboxylic acids is 2. The van der Waals surface area contributed by atoms with Gasteiger partial charge in [0.25, 0.3) is 0 Å². The van der Waals surface area contributed by atoms with Crippen molar-refractivity contribution in [3.05, 3.63) is 60.2 Å². The molecule has 2 heterocycles. The first-order valence-electron chi connectivity index (χ1n) is 14.3. The molecule has 2 aromatic carbocycles. The Balaban J connectivity index is 1.34. The predicted octanol–water partition coefficient (Wildman–Crippen LogP) is 3.27. The van der Waals surface area contributed by atoms with Crippen LogP contribution in [0.15, 0.2) is 59.5 Å². The van der Waals surface area contributed by atoms with E-state index in [0.717, 1.165) is 5.56 Å². The van der Waals surface area contributed by atoms with Crippen LogP contribution in [0.1, 0.15) is 45.6 Å². The second kappa shape index (κ2) is 13.5. The summed E-state index contributed by atoms with van der Waals surface area (Å²) in [6.45, 7) is 6.37. The van der Waals surface area contributed by atoms with E-state index < -0.39 is 33.4 Å². The summed E-state index contributed by atoms with van der Waals surface area (Å²) in [4.78, 5) is 28.9. The summed E-state index contributed by atoms with van der Waals surface area (Å²) in [7, 11) is -3.91. The molecule has 43 heavy (non-hydrogen) atoms. The van der Waals surface area contributed by atoms with Gasteiger partial charge in [-0.25, -0.2) is 23.1 Å². The summed E-state index contributed by atoms with van der Waals surface area (Å²) < 4.78 is 46.3. The van der Waals surface area contributed by atoms with Crippen LogP contribution in [0.2, 0.25) is 0 Å². The number of carbonyl (C=O) groups is 2. The zero-order valence-electron chi connectivity index (χ0n) is 24.8. The number of hydrogen-bond acceptors (Lipinski definition) is 9. The largest absolute Gasteiger partial charge is 0.491 e. The van der Waals surface area contributed by atoms with Gasteiger partial charge in [0.2, 0.25) is 10.0 Å². The Morgan fingerprint density at radius 1 is 1.14 bits per heavy atom. The molecule has 12 nitrogen and oxygen atoms in total. The van der Waals surface area contributed by atoms with Crippen molar-refractivity contribution >= 4 is 22.2 Å². The minimum absolute atomic E-state index is 0.0914. The Morgan fingerprint density at radius 2 is 1.84 bits per heavy atom. The second-order valence-electron chi connectivity index (χ2n) is 12.0. The Kier molecular flexibility index (Phi) is 10.2. The van der Waals surface area contributed by atoms with E-state index in [1.165, 1.54) is 23.1 Å². The molecule has 2 aliphatic rings. The first-order chi connectivity index (χ1) is 20.2. The van der Waals surface area contributed by atoms with Gasteiger partial charge < -0.3 is 33.9 Å². The van der Waals surface area contributed by atoms with Gasteiger partial charge in [0.15, 0.2) is 0 Å². The zero-order valence-corrected chi connectivity index (χ0v) is 25.6. The van der Waals surface area contributed by atoms with Gasteiger partial charge in [-0.3, -0.25) is 0 Å². The average molecular weight is 620 g/mol. The van der Waals surface area contributed by atoms with Gasteiger partial charge >= 0.3 is 12.2 Å². The summed E-state index contributed by atoms with van der Waals surface area (Å²) in [5.74, 6) is 0.214. The summed E-state index contributed by atoms with van der Waals surface area (Å²) in [5, 5.41) is 16.0. The normalized spacial score (nSPS) is 19.1. The van der Waals surface area contributed by atoms with Gasteiger partial charge in [0.1, 0.15) is 30.7 Å². The molecule has 0 radical (unpaired) electrons. The van der Waals surface area contributed by atoms with Gasteiger partial charge in [-0.2, -0.15) is 0 Å². The van der Waals surface area contributed by atoms with Crippen LogP contribution in [0, 0.1) is 0 Å². The van der Waals surface area contributed by atoms with Crippen molar-refractivity contribution < 1.29 is 42.1 Å². The number of sulfonamides is 1. The van der Waals surface area contributed by atoms with Crippen molar-refractivity contribution in [2.45, 2.75) is 74.9 Å². The third kappa shape index (κ3) is 9.30. The standard InChI is InChI=1S/C30H41N3O9S/c1-29(2,3)42-28(36)33(18-24(34)21-39-25-10-7-11-26(16-25)43(31,37)38)23-17-30(41-20-23)12-14-32(15-13-30)27(35)40-19-22-8-5-4-6-9-22/h4-11,16,23-24,34H,12-15,17-21H2,1-3H3,(H2,31,37,38)/t23-,24+/m1/s1. The molecule has 0 bridgehead atoms. The number of nitrogens with two attached hydrogens (primary N) is 1. The van der Waals surface area contributed by atoms with E-state index in [9.17, 15) is 23.1 Å². The van der Waals surface area contributed by atoms with Gasteiger partial charge in [0, 0.05) is 19.2 Å². The minimum Gasteiger partial charge on any atom is -0.491 e. The Hall–Kier alpha value is -3.39. The highest BCUT2D eigenvalue weighted by Gasteiger charge is 2.47. The smallest absolute Gasteiger partial charge is 0.410 e. The zero-order chi connectivity index (χ0) is 31.3. The van der Waals surface area contributed by atoms with Gasteiger partial charge in [-0.05, 0) is 57.7 Å². The van der Waals surface area contributed by atoms with Crippen LogP contribution in [0.4, 0.5) is 9.59 Å². The number of ether oxygens (including phenoxy) is 4. The van der Waals surface area contributed by atoms with Crippen LogP contribution in [-0.2, 0) is 30.8 Å². The fourth-order valence-electron chi connectivity index (χ4n) is 5.18. The van der Waals surface area contributed by atoms with Crippen LogP contribution in [0.3, 0.4) is 0 Å². The number of primary sulfonamides is 1. The third-order valence-electron chi connectivity index (χ3n) is 7.38. The molecule has 2 fully saturated rings. The molecule has 0 aromatic heterocycles. The van der Waals surface area contributed by atoms with E-state index in [-0.39, 0.29) is 49.1 Å². The molecule has 0 aliphatic carbocycles. The lowest BCUT2D eigenvalue weighted by atomic mass is 9.87. The van der Waals surface area contributed by atoms with Crippen molar-refractivity contribution in [2.75, 3.05) is 32.8 Å². The molecular weight excluding hydrogens is 578 g/mol. The maximum atomic E-state index is 13.3. The predicted molar refractivity (Wildman–Crippen MR) is 157 cm³/mol. The Morgan fingerprint density at radius 3 is 2.49 bits per heavy atom. The van der Waals surface area contributed by atoms with Crippen LogP contribution in [0.25, 0.3) is 0 Å². The average Bonchev–Trinajstić information content (AvgIpc) is 3.36. The van der Waals surface area contributed by atoms with E-state index in [0.29, 0.717) is 32.4 Å². The number of piperidine rings is 1. The molecular formula is C30H41N3O9S. The summed E-state index contributed by atoms with van der Waals surface area (Å²) in [6, 6.07) is 14.8. The first-order valence-corrected chi connectivity index (χ1v) is 15.8. The highest BCUT2D eigenvalue weighted by molar-refractivity contribution is 7.89. The maximum Gasteiger partial charge on any atom is 0.410 e. The van der Waals surface area contributed by atoms with Gasteiger partial charge in [-0.15, -0.1) is 0 Å². The monoisotopic (exact) mass is 619 g/mol. The number of nitrogens with zero attached hydrogens (tertiary/aromatic N) is 2. The Bertz CT molecular complexity index is 1360. The molecule has 0 unspecified atom stereocenters. The van der Waals surface area contributed by atoms with Crippen LogP contribution < -0.4 is 9.88 Å². The lowest BCUT2D eigenvalue weighted by molar-refractivity contribution is -0.0432. The van der Waals surface area contributed by atoms with Gasteiger partial charge in [0.05, 0.1) is 29.7 Å². The number of likely N-dealkylation sites (tertiary alicyclic amines) is 1. The van der Waals surface area contributed by atoms with E-state index in [1.54, 1.807) is 31.7 Å². The summed E-state index contributed by atoms with van der Waals surface area (Å²) >= 11 is 0. The van der Waals surface area contributed by atoms with E-state index in [4.69, 9.17) is 24.1 Å². The number of aliphatic hydroxyl groups is 1. The highest BCUT2D eigenvalue weighted by atomic mass is 32.2. The van der Waals surface area contributed by atoms with Crippen LogP contribution in [-0.4, -0.2) is 91.7 Å². The molecule has 2 aromatic rings. The molecule has 1 spiro atoms. The molecule has 3 N–H and O–H groups in total. The van der Waals surface area contributed by atoms with Crippen LogP contribution >= 0.6 is 0 Å². The molecule has 4 rings (SSSR count). The topological polar surface area (TPSA) is 158 Å². The molecule has 2 aliphatic heterocycles.